The van der Waals surface area contributed by atoms with Gasteiger partial charge in [0.05, 0.1) is 0 Å². The number of hydrogen-bond acceptors (Lipinski definition) is 3. The molecule has 0 radical (unpaired) electrons. The van der Waals surface area contributed by atoms with Crippen LogP contribution in [0.1, 0.15) is 24.8 Å². The van der Waals surface area contributed by atoms with Crippen LogP contribution in [0.2, 0.25) is 0 Å². The van der Waals surface area contributed by atoms with Crippen LogP contribution in [0.5, 0.6) is 5.88 Å². The van der Waals surface area contributed by atoms with Crippen molar-refractivity contribution in [3.8, 4) is 5.88 Å². The molecule has 0 aliphatic heterocycles. The predicted molar refractivity (Wildman–Crippen MR) is 55.2 cm³/mol. The van der Waals surface area contributed by atoms with Crippen molar-refractivity contribution < 1.29 is 4.74 Å². The van der Waals surface area contributed by atoms with Crippen LogP contribution in [0.25, 0.3) is 0 Å². The zero-order chi connectivity index (χ0) is 9.97. The molecule has 1 fully saturated rings. The Morgan fingerprint density at radius 3 is 3.00 bits per heavy atom. The van der Waals surface area contributed by atoms with Gasteiger partial charge in [-0.2, -0.15) is 0 Å². The minimum absolute atomic E-state index is 0.157. The maximum Gasteiger partial charge on any atom is 0.213 e. The highest BCUT2D eigenvalue weighted by Gasteiger charge is 2.25. The van der Waals surface area contributed by atoms with E-state index < -0.39 is 0 Å². The average Bonchev–Trinajstić information content (AvgIpc) is 2.52. The van der Waals surface area contributed by atoms with Crippen molar-refractivity contribution in [2.75, 3.05) is 0 Å². The Morgan fingerprint density at radius 1 is 1.50 bits per heavy atom. The molecule has 0 bridgehead atoms. The van der Waals surface area contributed by atoms with Crippen LogP contribution < -0.4 is 10.5 Å². The topological polar surface area (TPSA) is 48.1 Å². The molecule has 1 aromatic heterocycles. The maximum atomic E-state index is 5.91. The molecule has 1 saturated carbocycles. The third kappa shape index (κ3) is 2.04. The summed E-state index contributed by atoms with van der Waals surface area (Å²) in [5.41, 5.74) is 7.08. The lowest BCUT2D eigenvalue weighted by Crippen LogP contribution is -2.33. The van der Waals surface area contributed by atoms with Crippen molar-refractivity contribution >= 4 is 0 Å². The molecule has 0 aromatic carbocycles. The van der Waals surface area contributed by atoms with Crippen LogP contribution >= 0.6 is 0 Å². The molecular weight excluding hydrogens is 176 g/mol. The van der Waals surface area contributed by atoms with Gasteiger partial charge in [-0.05, 0) is 37.8 Å². The highest BCUT2D eigenvalue weighted by atomic mass is 16.5. The second kappa shape index (κ2) is 3.96. The number of aromatic nitrogens is 1. The van der Waals surface area contributed by atoms with Crippen molar-refractivity contribution in [3.63, 3.8) is 0 Å². The highest BCUT2D eigenvalue weighted by molar-refractivity contribution is 5.19. The minimum atomic E-state index is 0.157. The van der Waals surface area contributed by atoms with E-state index in [1.807, 2.05) is 19.1 Å². The maximum absolute atomic E-state index is 5.91. The lowest BCUT2D eigenvalue weighted by Gasteiger charge is -2.16. The van der Waals surface area contributed by atoms with Gasteiger partial charge in [0.25, 0.3) is 0 Å². The third-order valence-corrected chi connectivity index (χ3v) is 2.67. The van der Waals surface area contributed by atoms with Gasteiger partial charge in [-0.1, -0.05) is 0 Å². The van der Waals surface area contributed by atoms with Gasteiger partial charge in [0.2, 0.25) is 5.88 Å². The van der Waals surface area contributed by atoms with E-state index >= 15 is 0 Å². The number of nitrogens with two attached hydrogens (primary N) is 1. The molecule has 1 heterocycles. The standard InChI is InChI=1S/C11H16N2O/c1-8-5-6-13-11(7-8)14-10-4-2-3-9(10)12/h5-7,9-10H,2-4,12H2,1H3/t9-,10-/m1/s1. The molecule has 76 valence electrons. The SMILES string of the molecule is Cc1ccnc(O[C@@H]2CCC[C@H]2N)c1. The summed E-state index contributed by atoms with van der Waals surface area (Å²) in [5, 5.41) is 0. The Morgan fingerprint density at radius 2 is 2.36 bits per heavy atom. The van der Waals surface area contributed by atoms with Crippen molar-refractivity contribution in [1.82, 2.24) is 4.98 Å². The first-order valence-corrected chi connectivity index (χ1v) is 5.10. The zero-order valence-electron chi connectivity index (χ0n) is 8.44. The fourth-order valence-corrected chi connectivity index (χ4v) is 1.83. The van der Waals surface area contributed by atoms with E-state index in [0.29, 0.717) is 5.88 Å². The van der Waals surface area contributed by atoms with Crippen LogP contribution in [-0.4, -0.2) is 17.1 Å². The fourth-order valence-electron chi connectivity index (χ4n) is 1.83. The van der Waals surface area contributed by atoms with Gasteiger partial charge < -0.3 is 10.5 Å². The van der Waals surface area contributed by atoms with Gasteiger partial charge in [0, 0.05) is 18.3 Å². The Kier molecular flexibility index (Phi) is 2.68. The summed E-state index contributed by atoms with van der Waals surface area (Å²) in [6.45, 7) is 2.03. The van der Waals surface area contributed by atoms with Crippen LogP contribution in [-0.2, 0) is 0 Å². The average molecular weight is 192 g/mol. The van der Waals surface area contributed by atoms with Crippen LogP contribution in [0.15, 0.2) is 18.3 Å². The molecule has 1 aliphatic carbocycles. The van der Waals surface area contributed by atoms with Crippen LogP contribution in [0, 0.1) is 6.92 Å². The van der Waals surface area contributed by atoms with E-state index in [-0.39, 0.29) is 12.1 Å². The fraction of sp³-hybridized carbons (Fsp3) is 0.545. The van der Waals surface area contributed by atoms with Crippen molar-refractivity contribution in [2.24, 2.45) is 5.73 Å². The molecule has 0 unspecified atom stereocenters. The Hall–Kier alpha value is -1.09. The van der Waals surface area contributed by atoms with E-state index in [1.54, 1.807) is 6.20 Å². The summed E-state index contributed by atoms with van der Waals surface area (Å²) < 4.78 is 5.73. The molecule has 3 heteroatoms. The second-order valence-electron chi connectivity index (χ2n) is 3.92. The van der Waals surface area contributed by atoms with Crippen molar-refractivity contribution in [3.05, 3.63) is 23.9 Å². The quantitative estimate of drug-likeness (QED) is 0.775. The number of aryl methyl sites for hydroxylation is 1. The van der Waals surface area contributed by atoms with Gasteiger partial charge in [0.1, 0.15) is 6.10 Å². The highest BCUT2D eigenvalue weighted by Crippen LogP contribution is 2.22. The second-order valence-corrected chi connectivity index (χ2v) is 3.92. The third-order valence-electron chi connectivity index (χ3n) is 2.67. The summed E-state index contributed by atoms with van der Waals surface area (Å²) in [6, 6.07) is 4.09. The summed E-state index contributed by atoms with van der Waals surface area (Å²) in [4.78, 5) is 4.16. The van der Waals surface area contributed by atoms with Crippen molar-refractivity contribution in [1.29, 1.82) is 0 Å². The molecule has 3 nitrogen and oxygen atoms in total. The Labute approximate surface area is 84.3 Å². The first kappa shape index (κ1) is 9.46. The molecule has 1 aliphatic rings. The Bertz CT molecular complexity index is 314. The molecule has 14 heavy (non-hydrogen) atoms. The summed E-state index contributed by atoms with van der Waals surface area (Å²) in [6.07, 6.45) is 5.21. The smallest absolute Gasteiger partial charge is 0.213 e. The lowest BCUT2D eigenvalue weighted by atomic mass is 10.2. The molecule has 2 rings (SSSR count). The van der Waals surface area contributed by atoms with E-state index in [0.717, 1.165) is 19.3 Å². The number of pyridine rings is 1. The van der Waals surface area contributed by atoms with Crippen molar-refractivity contribution in [2.45, 2.75) is 38.3 Å². The molecule has 0 amide bonds. The van der Waals surface area contributed by atoms with E-state index in [4.69, 9.17) is 10.5 Å². The monoisotopic (exact) mass is 192 g/mol. The Balaban J connectivity index is 2.03. The van der Waals surface area contributed by atoms with E-state index in [2.05, 4.69) is 4.98 Å². The van der Waals surface area contributed by atoms with Crippen LogP contribution in [0.3, 0.4) is 0 Å². The zero-order valence-corrected chi connectivity index (χ0v) is 8.44. The molecule has 2 N–H and O–H groups in total. The van der Waals surface area contributed by atoms with Gasteiger partial charge >= 0.3 is 0 Å². The van der Waals surface area contributed by atoms with Gasteiger partial charge in [-0.25, -0.2) is 4.98 Å². The predicted octanol–water partition coefficient (Wildman–Crippen LogP) is 1.65. The number of ether oxygens (including phenoxy) is 1. The molecule has 1 aromatic rings. The normalized spacial score (nSPS) is 26.4. The number of rotatable bonds is 2. The molecule has 2 atom stereocenters. The first-order chi connectivity index (χ1) is 6.75. The lowest BCUT2D eigenvalue weighted by molar-refractivity contribution is 0.184. The van der Waals surface area contributed by atoms with Gasteiger partial charge in [-0.3, -0.25) is 0 Å². The van der Waals surface area contributed by atoms with E-state index in [1.165, 1.54) is 5.56 Å². The summed E-state index contributed by atoms with van der Waals surface area (Å²) >= 11 is 0. The number of hydrogen-bond donors (Lipinski definition) is 1. The number of nitrogens with zero attached hydrogens (tertiary/aromatic N) is 1. The largest absolute Gasteiger partial charge is 0.473 e. The molecule has 0 saturated heterocycles. The summed E-state index contributed by atoms with van der Waals surface area (Å²) in [5.74, 6) is 0.701. The van der Waals surface area contributed by atoms with Crippen LogP contribution in [0.4, 0.5) is 0 Å². The molecular formula is C11H16N2O. The van der Waals surface area contributed by atoms with Gasteiger partial charge in [-0.15, -0.1) is 0 Å². The summed E-state index contributed by atoms with van der Waals surface area (Å²) in [7, 11) is 0. The first-order valence-electron chi connectivity index (χ1n) is 5.10. The van der Waals surface area contributed by atoms with Gasteiger partial charge in [0.15, 0.2) is 0 Å². The van der Waals surface area contributed by atoms with E-state index in [9.17, 15) is 0 Å². The molecule has 0 spiro atoms. The minimum Gasteiger partial charge on any atom is -0.473 e.